The third kappa shape index (κ3) is 3.58. The van der Waals surface area contributed by atoms with Crippen molar-refractivity contribution >= 4 is 17.3 Å². The van der Waals surface area contributed by atoms with Crippen molar-refractivity contribution in [2.24, 2.45) is 0 Å². The summed E-state index contributed by atoms with van der Waals surface area (Å²) in [5, 5.41) is 11.9. The molecule has 112 valence electrons. The zero-order valence-corrected chi connectivity index (χ0v) is 11.3. The molecule has 0 unspecified atom stereocenters. The van der Waals surface area contributed by atoms with Crippen molar-refractivity contribution in [1.29, 1.82) is 0 Å². The van der Waals surface area contributed by atoms with Gasteiger partial charge in [-0.2, -0.15) is 13.2 Å². The number of benzene rings is 2. The predicted octanol–water partition coefficient (Wildman–Crippen LogP) is 4.82. The van der Waals surface area contributed by atoms with Gasteiger partial charge in [-0.3, -0.25) is 0 Å². The van der Waals surface area contributed by atoms with Gasteiger partial charge in [0.1, 0.15) is 11.6 Å². The lowest BCUT2D eigenvalue weighted by Crippen LogP contribution is -2.11. The second-order valence-electron chi connectivity index (χ2n) is 4.29. The summed E-state index contributed by atoms with van der Waals surface area (Å²) in [7, 11) is 0. The highest BCUT2D eigenvalue weighted by molar-refractivity contribution is 6.33. The minimum atomic E-state index is -4.57. The molecule has 0 radical (unpaired) electrons. The maximum Gasteiger partial charge on any atom is 0.418 e. The summed E-state index contributed by atoms with van der Waals surface area (Å²) in [5.74, 6) is -0.815. The SMILES string of the molecule is Oc1ccc(F)cc1CNc1c(Cl)cccc1C(F)(F)F. The summed E-state index contributed by atoms with van der Waals surface area (Å²) < 4.78 is 51.7. The Bertz CT molecular complexity index is 658. The molecule has 0 amide bonds. The van der Waals surface area contributed by atoms with E-state index in [1.54, 1.807) is 0 Å². The van der Waals surface area contributed by atoms with Gasteiger partial charge in [0, 0.05) is 12.1 Å². The number of rotatable bonds is 3. The first kappa shape index (κ1) is 15.4. The molecule has 0 saturated heterocycles. The summed E-state index contributed by atoms with van der Waals surface area (Å²) >= 11 is 5.77. The quantitative estimate of drug-likeness (QED) is 0.795. The minimum absolute atomic E-state index is 0.110. The molecule has 0 bridgehead atoms. The van der Waals surface area contributed by atoms with Gasteiger partial charge in [-0.25, -0.2) is 4.39 Å². The first-order valence-corrected chi connectivity index (χ1v) is 6.24. The Hall–Kier alpha value is -1.95. The Morgan fingerprint density at radius 1 is 1.14 bits per heavy atom. The third-order valence-corrected chi connectivity index (χ3v) is 3.13. The summed E-state index contributed by atoms with van der Waals surface area (Å²) in [5.41, 5.74) is -1.11. The van der Waals surface area contributed by atoms with E-state index in [0.717, 1.165) is 24.3 Å². The van der Waals surface area contributed by atoms with E-state index < -0.39 is 17.6 Å². The average molecular weight is 320 g/mol. The van der Waals surface area contributed by atoms with E-state index in [1.165, 1.54) is 12.1 Å². The van der Waals surface area contributed by atoms with E-state index in [1.807, 2.05) is 0 Å². The Morgan fingerprint density at radius 3 is 2.52 bits per heavy atom. The molecule has 0 aliphatic carbocycles. The van der Waals surface area contributed by atoms with E-state index in [2.05, 4.69) is 5.32 Å². The Morgan fingerprint density at radius 2 is 1.86 bits per heavy atom. The predicted molar refractivity (Wildman–Crippen MR) is 71.8 cm³/mol. The molecular formula is C14H10ClF4NO. The minimum Gasteiger partial charge on any atom is -0.508 e. The molecule has 0 heterocycles. The number of hydrogen-bond donors (Lipinski definition) is 2. The molecule has 2 aromatic carbocycles. The molecule has 0 saturated carbocycles. The highest BCUT2D eigenvalue weighted by atomic mass is 35.5. The lowest BCUT2D eigenvalue weighted by Gasteiger charge is -2.16. The van der Waals surface area contributed by atoms with E-state index in [4.69, 9.17) is 11.6 Å². The van der Waals surface area contributed by atoms with Crippen molar-refractivity contribution in [3.05, 3.63) is 58.4 Å². The third-order valence-electron chi connectivity index (χ3n) is 2.82. The molecule has 7 heteroatoms. The number of phenols is 1. The number of halogens is 5. The molecule has 2 rings (SSSR count). The smallest absolute Gasteiger partial charge is 0.418 e. The van der Waals surface area contributed by atoms with Crippen LogP contribution in [0.1, 0.15) is 11.1 Å². The highest BCUT2D eigenvalue weighted by Gasteiger charge is 2.34. The first-order chi connectivity index (χ1) is 9.79. The van der Waals surface area contributed by atoms with Crippen LogP contribution in [0.15, 0.2) is 36.4 Å². The lowest BCUT2D eigenvalue weighted by atomic mass is 10.1. The molecule has 0 spiro atoms. The Balaban J connectivity index is 2.30. The van der Waals surface area contributed by atoms with Crippen LogP contribution in [0.2, 0.25) is 5.02 Å². The van der Waals surface area contributed by atoms with Gasteiger partial charge < -0.3 is 10.4 Å². The summed E-state index contributed by atoms with van der Waals surface area (Å²) in [6, 6.07) is 6.60. The fourth-order valence-corrected chi connectivity index (χ4v) is 2.06. The molecular weight excluding hydrogens is 310 g/mol. The van der Waals surface area contributed by atoms with Gasteiger partial charge in [-0.05, 0) is 30.3 Å². The van der Waals surface area contributed by atoms with Crippen molar-refractivity contribution in [1.82, 2.24) is 0 Å². The molecule has 0 atom stereocenters. The monoisotopic (exact) mass is 319 g/mol. The molecule has 2 N–H and O–H groups in total. The standard InChI is InChI=1S/C14H10ClF4NO/c15-11-3-1-2-10(14(17,18)19)13(11)20-7-8-6-9(16)4-5-12(8)21/h1-6,20-21H,7H2. The second-order valence-corrected chi connectivity index (χ2v) is 4.69. The second kappa shape index (κ2) is 5.81. The van der Waals surface area contributed by atoms with Crippen molar-refractivity contribution < 1.29 is 22.7 Å². The topological polar surface area (TPSA) is 32.3 Å². The summed E-state index contributed by atoms with van der Waals surface area (Å²) in [4.78, 5) is 0. The van der Waals surface area contributed by atoms with Gasteiger partial charge in [-0.15, -0.1) is 0 Å². The zero-order valence-electron chi connectivity index (χ0n) is 10.5. The average Bonchev–Trinajstić information content (AvgIpc) is 2.39. The van der Waals surface area contributed by atoms with E-state index in [-0.39, 0.29) is 28.6 Å². The van der Waals surface area contributed by atoms with E-state index in [0.29, 0.717) is 0 Å². The summed E-state index contributed by atoms with van der Waals surface area (Å²) in [6.07, 6.45) is -4.57. The lowest BCUT2D eigenvalue weighted by molar-refractivity contribution is -0.136. The van der Waals surface area contributed by atoms with Gasteiger partial charge >= 0.3 is 6.18 Å². The van der Waals surface area contributed by atoms with Crippen LogP contribution in [0, 0.1) is 5.82 Å². The number of aromatic hydroxyl groups is 1. The van der Waals surface area contributed by atoms with Crippen LogP contribution in [-0.2, 0) is 12.7 Å². The molecule has 0 aliphatic rings. The van der Waals surface area contributed by atoms with Gasteiger partial charge in [0.15, 0.2) is 0 Å². The van der Waals surface area contributed by atoms with Gasteiger partial charge in [-0.1, -0.05) is 17.7 Å². The number of anilines is 1. The van der Waals surface area contributed by atoms with Crippen LogP contribution >= 0.6 is 11.6 Å². The number of hydrogen-bond acceptors (Lipinski definition) is 2. The zero-order chi connectivity index (χ0) is 15.6. The molecule has 21 heavy (non-hydrogen) atoms. The van der Waals surface area contributed by atoms with Crippen LogP contribution in [-0.4, -0.2) is 5.11 Å². The number of phenolic OH excluding ortho intramolecular Hbond substituents is 1. The van der Waals surface area contributed by atoms with Crippen molar-refractivity contribution in [3.63, 3.8) is 0 Å². The van der Waals surface area contributed by atoms with Crippen LogP contribution < -0.4 is 5.32 Å². The fraction of sp³-hybridized carbons (Fsp3) is 0.143. The number of para-hydroxylation sites is 1. The normalized spacial score (nSPS) is 11.5. The maximum atomic E-state index is 13.1. The van der Waals surface area contributed by atoms with E-state index >= 15 is 0 Å². The molecule has 2 nitrogen and oxygen atoms in total. The molecule has 2 aromatic rings. The van der Waals surface area contributed by atoms with Crippen molar-refractivity contribution in [2.45, 2.75) is 12.7 Å². The Labute approximate surface area is 123 Å². The van der Waals surface area contributed by atoms with Gasteiger partial charge in [0.2, 0.25) is 0 Å². The first-order valence-electron chi connectivity index (χ1n) is 5.86. The van der Waals surface area contributed by atoms with Crippen LogP contribution in [0.25, 0.3) is 0 Å². The van der Waals surface area contributed by atoms with Gasteiger partial charge in [0.25, 0.3) is 0 Å². The molecule has 0 aliphatic heterocycles. The maximum absolute atomic E-state index is 13.1. The van der Waals surface area contributed by atoms with Crippen LogP contribution in [0.4, 0.5) is 23.2 Å². The van der Waals surface area contributed by atoms with Crippen molar-refractivity contribution in [3.8, 4) is 5.75 Å². The fourth-order valence-electron chi connectivity index (χ4n) is 1.82. The van der Waals surface area contributed by atoms with Gasteiger partial charge in [0.05, 0.1) is 16.3 Å². The largest absolute Gasteiger partial charge is 0.508 e. The van der Waals surface area contributed by atoms with Crippen LogP contribution in [0.3, 0.4) is 0 Å². The molecule has 0 aromatic heterocycles. The Kier molecular flexibility index (Phi) is 4.27. The number of alkyl halides is 3. The van der Waals surface area contributed by atoms with Crippen LogP contribution in [0.5, 0.6) is 5.75 Å². The van der Waals surface area contributed by atoms with Crippen molar-refractivity contribution in [2.75, 3.05) is 5.32 Å². The highest BCUT2D eigenvalue weighted by Crippen LogP contribution is 2.38. The molecule has 0 fully saturated rings. The van der Waals surface area contributed by atoms with E-state index in [9.17, 15) is 22.7 Å². The summed E-state index contributed by atoms with van der Waals surface area (Å²) in [6.45, 7) is -0.198. The number of nitrogens with one attached hydrogen (secondary N) is 1.